The molecule has 0 aromatic carbocycles. The van der Waals surface area contributed by atoms with Crippen molar-refractivity contribution in [2.24, 2.45) is 11.7 Å². The molecule has 1 unspecified atom stereocenters. The molecule has 0 radical (unpaired) electrons. The first-order chi connectivity index (χ1) is 3.85. The molecule has 54 valence electrons. The Morgan fingerprint density at radius 2 is 2.00 bits per heavy atom. The monoisotopic (exact) mass is 137 g/mol. The predicted molar refractivity (Wildman–Crippen MR) is 29.0 cm³/mol. The SMILES string of the molecule is CC(C(N)=O)C(C)(F)F. The van der Waals surface area contributed by atoms with Crippen LogP contribution in [0.5, 0.6) is 0 Å². The van der Waals surface area contributed by atoms with E-state index in [1.807, 2.05) is 0 Å². The van der Waals surface area contributed by atoms with Crippen molar-refractivity contribution < 1.29 is 13.6 Å². The molecule has 0 aliphatic rings. The number of carbonyl (C=O) groups excluding carboxylic acids is 1. The Morgan fingerprint density at radius 3 is 2.00 bits per heavy atom. The summed E-state index contributed by atoms with van der Waals surface area (Å²) in [6, 6.07) is 0. The van der Waals surface area contributed by atoms with E-state index in [1.54, 1.807) is 0 Å². The number of nitrogens with two attached hydrogens (primary N) is 1. The summed E-state index contributed by atoms with van der Waals surface area (Å²) in [7, 11) is 0. The Labute approximate surface area is 52.0 Å². The minimum absolute atomic E-state index is 0.669. The summed E-state index contributed by atoms with van der Waals surface area (Å²) in [5, 5.41) is 0. The molecule has 2 N–H and O–H groups in total. The first-order valence-corrected chi connectivity index (χ1v) is 2.53. The largest absolute Gasteiger partial charge is 0.369 e. The van der Waals surface area contributed by atoms with Gasteiger partial charge in [0.2, 0.25) is 5.91 Å². The number of rotatable bonds is 2. The van der Waals surface area contributed by atoms with Crippen molar-refractivity contribution in [3.05, 3.63) is 0 Å². The fraction of sp³-hybridized carbons (Fsp3) is 0.800. The molecule has 0 aromatic heterocycles. The Balaban J connectivity index is 4.04. The van der Waals surface area contributed by atoms with Crippen molar-refractivity contribution >= 4 is 5.91 Å². The molecular weight excluding hydrogens is 128 g/mol. The van der Waals surface area contributed by atoms with Crippen molar-refractivity contribution in [2.45, 2.75) is 19.8 Å². The normalized spacial score (nSPS) is 15.1. The lowest BCUT2D eigenvalue weighted by Crippen LogP contribution is -2.33. The van der Waals surface area contributed by atoms with Gasteiger partial charge in [0, 0.05) is 6.92 Å². The fourth-order valence-electron chi connectivity index (χ4n) is 0.250. The molecule has 0 fully saturated rings. The van der Waals surface area contributed by atoms with E-state index >= 15 is 0 Å². The fourth-order valence-corrected chi connectivity index (χ4v) is 0.250. The van der Waals surface area contributed by atoms with E-state index in [2.05, 4.69) is 5.73 Å². The second-order valence-electron chi connectivity index (χ2n) is 2.08. The van der Waals surface area contributed by atoms with Crippen molar-refractivity contribution in [3.8, 4) is 0 Å². The van der Waals surface area contributed by atoms with Gasteiger partial charge in [-0.25, -0.2) is 8.78 Å². The molecule has 0 bridgehead atoms. The quantitative estimate of drug-likeness (QED) is 0.600. The van der Waals surface area contributed by atoms with Gasteiger partial charge in [0.05, 0.1) is 5.92 Å². The molecular formula is C5H9F2NO. The standard InChI is InChI=1S/C5H9F2NO/c1-3(4(8)9)5(2,6)7/h3H,1-2H3,(H2,8,9). The lowest BCUT2D eigenvalue weighted by molar-refractivity contribution is -0.132. The van der Waals surface area contributed by atoms with Gasteiger partial charge in [0.15, 0.2) is 0 Å². The second kappa shape index (κ2) is 2.29. The van der Waals surface area contributed by atoms with Gasteiger partial charge in [-0.05, 0) is 6.92 Å². The summed E-state index contributed by atoms with van der Waals surface area (Å²) in [5.41, 5.74) is 4.60. The van der Waals surface area contributed by atoms with Crippen LogP contribution in [0.2, 0.25) is 0 Å². The van der Waals surface area contributed by atoms with Crippen LogP contribution in [-0.2, 0) is 4.79 Å². The highest BCUT2D eigenvalue weighted by Crippen LogP contribution is 2.22. The zero-order chi connectivity index (χ0) is 7.65. The van der Waals surface area contributed by atoms with Crippen LogP contribution in [0.1, 0.15) is 13.8 Å². The summed E-state index contributed by atoms with van der Waals surface area (Å²) in [4.78, 5) is 10.1. The number of hydrogen-bond donors (Lipinski definition) is 1. The van der Waals surface area contributed by atoms with Gasteiger partial charge in [0.25, 0.3) is 5.92 Å². The Kier molecular flexibility index (Phi) is 2.12. The number of halogens is 2. The van der Waals surface area contributed by atoms with Crippen LogP contribution in [0.25, 0.3) is 0 Å². The van der Waals surface area contributed by atoms with Crippen LogP contribution in [0, 0.1) is 5.92 Å². The third-order valence-corrected chi connectivity index (χ3v) is 1.19. The highest BCUT2D eigenvalue weighted by atomic mass is 19.3. The molecule has 1 atom stereocenters. The number of carbonyl (C=O) groups is 1. The van der Waals surface area contributed by atoms with Crippen LogP contribution >= 0.6 is 0 Å². The molecule has 0 rings (SSSR count). The minimum atomic E-state index is -2.99. The molecule has 9 heavy (non-hydrogen) atoms. The van der Waals surface area contributed by atoms with E-state index in [0.29, 0.717) is 6.92 Å². The Morgan fingerprint density at radius 1 is 1.67 bits per heavy atom. The predicted octanol–water partition coefficient (Wildman–Crippen LogP) is 0.763. The molecule has 0 spiro atoms. The number of amides is 1. The average molecular weight is 137 g/mol. The molecule has 2 nitrogen and oxygen atoms in total. The third-order valence-electron chi connectivity index (χ3n) is 1.19. The highest BCUT2D eigenvalue weighted by molar-refractivity contribution is 5.77. The average Bonchev–Trinajstić information content (AvgIpc) is 1.62. The van der Waals surface area contributed by atoms with Gasteiger partial charge >= 0.3 is 0 Å². The third kappa shape index (κ3) is 2.39. The Hall–Kier alpha value is -0.670. The van der Waals surface area contributed by atoms with Crippen molar-refractivity contribution in [1.82, 2.24) is 0 Å². The molecule has 0 aromatic rings. The summed E-state index contributed by atoms with van der Waals surface area (Å²) in [6.07, 6.45) is 0. The first kappa shape index (κ1) is 8.33. The number of primary amides is 1. The van der Waals surface area contributed by atoms with Gasteiger partial charge in [-0.15, -0.1) is 0 Å². The van der Waals surface area contributed by atoms with Crippen LogP contribution in [0.4, 0.5) is 8.78 Å². The smallest absolute Gasteiger partial charge is 0.256 e. The Bertz CT molecular complexity index is 119. The summed E-state index contributed by atoms with van der Waals surface area (Å²) in [5.74, 6) is -5.34. The van der Waals surface area contributed by atoms with Crippen LogP contribution < -0.4 is 5.73 Å². The zero-order valence-corrected chi connectivity index (χ0v) is 5.32. The number of hydrogen-bond acceptors (Lipinski definition) is 1. The van der Waals surface area contributed by atoms with Gasteiger partial charge < -0.3 is 5.73 Å². The van der Waals surface area contributed by atoms with Crippen LogP contribution in [0.3, 0.4) is 0 Å². The maximum absolute atomic E-state index is 12.1. The molecule has 1 amide bonds. The molecule has 4 heteroatoms. The number of alkyl halides is 2. The molecule has 0 aliphatic carbocycles. The lowest BCUT2D eigenvalue weighted by Gasteiger charge is -2.14. The van der Waals surface area contributed by atoms with Gasteiger partial charge in [0.1, 0.15) is 0 Å². The van der Waals surface area contributed by atoms with E-state index in [9.17, 15) is 13.6 Å². The van der Waals surface area contributed by atoms with Crippen molar-refractivity contribution in [2.75, 3.05) is 0 Å². The molecule has 0 aliphatic heterocycles. The maximum Gasteiger partial charge on any atom is 0.256 e. The van der Waals surface area contributed by atoms with Gasteiger partial charge in [-0.3, -0.25) is 4.79 Å². The second-order valence-corrected chi connectivity index (χ2v) is 2.08. The van der Waals surface area contributed by atoms with E-state index < -0.39 is 17.7 Å². The maximum atomic E-state index is 12.1. The zero-order valence-electron chi connectivity index (χ0n) is 5.32. The van der Waals surface area contributed by atoms with E-state index in [0.717, 1.165) is 6.92 Å². The lowest BCUT2D eigenvalue weighted by atomic mass is 10.1. The first-order valence-electron chi connectivity index (χ1n) is 2.53. The topological polar surface area (TPSA) is 43.1 Å². The van der Waals surface area contributed by atoms with E-state index in [-0.39, 0.29) is 0 Å². The van der Waals surface area contributed by atoms with Crippen molar-refractivity contribution in [3.63, 3.8) is 0 Å². The molecule has 0 saturated heterocycles. The van der Waals surface area contributed by atoms with Gasteiger partial charge in [-0.1, -0.05) is 0 Å². The van der Waals surface area contributed by atoms with Crippen LogP contribution in [-0.4, -0.2) is 11.8 Å². The highest BCUT2D eigenvalue weighted by Gasteiger charge is 2.34. The van der Waals surface area contributed by atoms with Gasteiger partial charge in [-0.2, -0.15) is 0 Å². The summed E-state index contributed by atoms with van der Waals surface area (Å²) in [6.45, 7) is 1.77. The summed E-state index contributed by atoms with van der Waals surface area (Å²) >= 11 is 0. The molecule has 0 saturated carbocycles. The summed E-state index contributed by atoms with van der Waals surface area (Å²) < 4.78 is 24.1. The molecule has 0 heterocycles. The van der Waals surface area contributed by atoms with Crippen molar-refractivity contribution in [1.29, 1.82) is 0 Å². The van der Waals surface area contributed by atoms with Crippen LogP contribution in [0.15, 0.2) is 0 Å². The minimum Gasteiger partial charge on any atom is -0.369 e. The van der Waals surface area contributed by atoms with E-state index in [4.69, 9.17) is 0 Å². The van der Waals surface area contributed by atoms with E-state index in [1.165, 1.54) is 0 Å².